The van der Waals surface area contributed by atoms with E-state index in [0.717, 1.165) is 21.6 Å². The number of amides is 1. The fraction of sp³-hybridized carbons (Fsp3) is 0.385. The van der Waals surface area contributed by atoms with Crippen molar-refractivity contribution in [3.05, 3.63) is 29.3 Å². The third kappa shape index (κ3) is 2.51. The van der Waals surface area contributed by atoms with Gasteiger partial charge in [-0.15, -0.1) is 5.10 Å². The zero-order valence-electron chi connectivity index (χ0n) is 12.8. The molecule has 3 rings (SSSR count). The summed E-state index contributed by atoms with van der Waals surface area (Å²) in [6.45, 7) is 3.86. The molecular formula is C13H15N5O3S2. The van der Waals surface area contributed by atoms with Crippen LogP contribution in [0.25, 0.3) is 0 Å². The van der Waals surface area contributed by atoms with Crippen molar-refractivity contribution in [1.82, 2.24) is 24.5 Å². The number of fused-ring (bicyclic) bond motifs is 1. The Balaban J connectivity index is 1.97. The number of sulfonamides is 1. The van der Waals surface area contributed by atoms with Gasteiger partial charge in [0, 0.05) is 7.05 Å². The number of thioether (sulfide) groups is 1. The zero-order chi connectivity index (χ0) is 16.8. The Bertz CT molecular complexity index is 875. The van der Waals surface area contributed by atoms with Crippen LogP contribution >= 0.6 is 11.8 Å². The number of tetrazole rings is 1. The van der Waals surface area contributed by atoms with Crippen molar-refractivity contribution in [2.45, 2.75) is 29.8 Å². The van der Waals surface area contributed by atoms with Gasteiger partial charge in [0.05, 0.1) is 11.4 Å². The summed E-state index contributed by atoms with van der Waals surface area (Å²) in [5.74, 6) is -0.506. The van der Waals surface area contributed by atoms with Crippen molar-refractivity contribution in [3.8, 4) is 0 Å². The van der Waals surface area contributed by atoms with E-state index in [-0.39, 0.29) is 22.3 Å². The number of hydrogen-bond acceptors (Lipinski definition) is 7. The fourth-order valence-electron chi connectivity index (χ4n) is 2.41. The van der Waals surface area contributed by atoms with Gasteiger partial charge in [0.25, 0.3) is 15.9 Å². The number of aromatic nitrogens is 4. The molecule has 0 bridgehead atoms. The van der Waals surface area contributed by atoms with Gasteiger partial charge >= 0.3 is 0 Å². The van der Waals surface area contributed by atoms with Gasteiger partial charge in [0.1, 0.15) is 4.90 Å². The first-order chi connectivity index (χ1) is 10.8. The number of carbonyl (C=O) groups excluding carboxylic acids is 1. The summed E-state index contributed by atoms with van der Waals surface area (Å²) < 4.78 is 27.6. The summed E-state index contributed by atoms with van der Waals surface area (Å²) >= 11 is 1.09. The van der Waals surface area contributed by atoms with Crippen LogP contribution in [0.3, 0.4) is 0 Å². The van der Waals surface area contributed by atoms with Crippen LogP contribution in [0.2, 0.25) is 0 Å². The van der Waals surface area contributed by atoms with E-state index in [1.54, 1.807) is 19.2 Å². The van der Waals surface area contributed by atoms with Crippen LogP contribution in [-0.2, 0) is 17.1 Å². The van der Waals surface area contributed by atoms with Crippen molar-refractivity contribution < 1.29 is 13.2 Å². The molecule has 2 heterocycles. The fourth-order valence-corrected chi connectivity index (χ4v) is 5.05. The molecule has 0 saturated heterocycles. The highest BCUT2D eigenvalue weighted by Crippen LogP contribution is 2.36. The number of nitrogens with zero attached hydrogens (tertiary/aromatic N) is 5. The molecule has 0 N–H and O–H groups in total. The standard InChI is InChI=1S/C13H15N5O3S2/c1-8(2)9-5-4-6-10-11(9)12(19)18(23(10,20)21)7-22-13-14-15-16-17(13)3/h4-6,8H,7H2,1-3H3. The SMILES string of the molecule is CC(C)c1cccc2c1C(=O)N(CSc1nnnn1C)S2(=O)=O. The lowest BCUT2D eigenvalue weighted by Crippen LogP contribution is -2.30. The minimum Gasteiger partial charge on any atom is -0.268 e. The zero-order valence-corrected chi connectivity index (χ0v) is 14.4. The van der Waals surface area contributed by atoms with E-state index in [0.29, 0.717) is 5.16 Å². The van der Waals surface area contributed by atoms with Crippen LogP contribution < -0.4 is 0 Å². The van der Waals surface area contributed by atoms with E-state index >= 15 is 0 Å². The van der Waals surface area contributed by atoms with Crippen LogP contribution in [0, 0.1) is 0 Å². The van der Waals surface area contributed by atoms with E-state index < -0.39 is 15.9 Å². The summed E-state index contributed by atoms with van der Waals surface area (Å²) in [5, 5.41) is 11.4. The molecule has 1 aromatic heterocycles. The van der Waals surface area contributed by atoms with E-state index in [2.05, 4.69) is 15.5 Å². The van der Waals surface area contributed by atoms with E-state index in [1.165, 1.54) is 10.7 Å². The van der Waals surface area contributed by atoms with Crippen molar-refractivity contribution in [1.29, 1.82) is 0 Å². The molecule has 10 heteroatoms. The van der Waals surface area contributed by atoms with Gasteiger partial charge in [-0.1, -0.05) is 37.7 Å². The Kier molecular flexibility index (Phi) is 3.88. The summed E-state index contributed by atoms with van der Waals surface area (Å²) in [4.78, 5) is 12.7. The first-order valence-corrected chi connectivity index (χ1v) is 9.31. The number of carbonyl (C=O) groups is 1. The molecule has 0 fully saturated rings. The normalized spacial score (nSPS) is 16.2. The quantitative estimate of drug-likeness (QED) is 0.762. The smallest absolute Gasteiger partial charge is 0.268 e. The Morgan fingerprint density at radius 3 is 2.65 bits per heavy atom. The molecule has 1 aliphatic heterocycles. The highest BCUT2D eigenvalue weighted by molar-refractivity contribution is 8.00. The Morgan fingerprint density at radius 1 is 1.30 bits per heavy atom. The number of rotatable bonds is 4. The third-order valence-corrected chi connectivity index (χ3v) is 6.51. The molecule has 0 spiro atoms. The monoisotopic (exact) mass is 353 g/mol. The number of aryl methyl sites for hydroxylation is 1. The second-order valence-electron chi connectivity index (χ2n) is 5.39. The second kappa shape index (κ2) is 5.60. The number of benzene rings is 1. The summed E-state index contributed by atoms with van der Waals surface area (Å²) in [7, 11) is -2.19. The molecule has 1 aromatic carbocycles. The van der Waals surface area contributed by atoms with Gasteiger partial charge in [-0.2, -0.15) is 0 Å². The van der Waals surface area contributed by atoms with Crippen LogP contribution in [-0.4, -0.2) is 44.7 Å². The average Bonchev–Trinajstić information content (AvgIpc) is 2.98. The minimum absolute atomic E-state index is 0.0552. The maximum atomic E-state index is 12.7. The van der Waals surface area contributed by atoms with Crippen molar-refractivity contribution >= 4 is 27.7 Å². The maximum absolute atomic E-state index is 12.7. The first-order valence-electron chi connectivity index (χ1n) is 6.89. The Labute approximate surface area is 137 Å². The molecule has 0 aliphatic carbocycles. The lowest BCUT2D eigenvalue weighted by atomic mass is 9.97. The summed E-state index contributed by atoms with van der Waals surface area (Å²) in [6.07, 6.45) is 0. The van der Waals surface area contributed by atoms with Gasteiger partial charge in [0.15, 0.2) is 0 Å². The Morgan fingerprint density at radius 2 is 2.04 bits per heavy atom. The largest absolute Gasteiger partial charge is 0.270 e. The van der Waals surface area contributed by atoms with Gasteiger partial charge in [0.2, 0.25) is 5.16 Å². The Hall–Kier alpha value is -1.94. The van der Waals surface area contributed by atoms with Crippen LogP contribution in [0.1, 0.15) is 35.7 Å². The van der Waals surface area contributed by atoms with Crippen molar-refractivity contribution in [2.75, 3.05) is 5.88 Å². The van der Waals surface area contributed by atoms with Crippen LogP contribution in [0.15, 0.2) is 28.3 Å². The summed E-state index contributed by atoms with van der Waals surface area (Å²) in [6, 6.07) is 4.94. The molecule has 0 saturated carbocycles. The van der Waals surface area contributed by atoms with Crippen LogP contribution in [0.5, 0.6) is 0 Å². The third-order valence-electron chi connectivity index (χ3n) is 3.58. The van der Waals surface area contributed by atoms with Crippen molar-refractivity contribution in [2.24, 2.45) is 7.05 Å². The maximum Gasteiger partial charge on any atom is 0.270 e. The average molecular weight is 353 g/mol. The second-order valence-corrected chi connectivity index (χ2v) is 8.14. The van der Waals surface area contributed by atoms with E-state index in [4.69, 9.17) is 0 Å². The predicted octanol–water partition coefficient (Wildman–Crippen LogP) is 1.23. The van der Waals surface area contributed by atoms with Crippen molar-refractivity contribution in [3.63, 3.8) is 0 Å². The predicted molar refractivity (Wildman–Crippen MR) is 83.4 cm³/mol. The molecule has 0 atom stereocenters. The molecule has 0 radical (unpaired) electrons. The molecule has 1 aliphatic rings. The topological polar surface area (TPSA) is 98.1 Å². The lowest BCUT2D eigenvalue weighted by Gasteiger charge is -2.13. The molecule has 122 valence electrons. The molecule has 8 nitrogen and oxygen atoms in total. The molecule has 1 amide bonds. The first kappa shape index (κ1) is 15.9. The molecular weight excluding hydrogens is 338 g/mol. The molecule has 0 unspecified atom stereocenters. The summed E-state index contributed by atoms with van der Waals surface area (Å²) in [5.41, 5.74) is 1.02. The highest BCUT2D eigenvalue weighted by Gasteiger charge is 2.42. The van der Waals surface area contributed by atoms with E-state index in [9.17, 15) is 13.2 Å². The molecule has 2 aromatic rings. The minimum atomic E-state index is -3.83. The van der Waals surface area contributed by atoms with E-state index in [1.807, 2.05) is 13.8 Å². The van der Waals surface area contributed by atoms with Gasteiger partial charge in [-0.3, -0.25) is 4.79 Å². The van der Waals surface area contributed by atoms with Crippen LogP contribution in [0.4, 0.5) is 0 Å². The van der Waals surface area contributed by atoms with Gasteiger partial charge in [-0.25, -0.2) is 17.4 Å². The highest BCUT2D eigenvalue weighted by atomic mass is 32.2. The van der Waals surface area contributed by atoms with Gasteiger partial charge < -0.3 is 0 Å². The number of hydrogen-bond donors (Lipinski definition) is 0. The molecule has 23 heavy (non-hydrogen) atoms. The lowest BCUT2D eigenvalue weighted by molar-refractivity contribution is 0.0885. The van der Waals surface area contributed by atoms with Gasteiger partial charge in [-0.05, 0) is 28.0 Å².